The van der Waals surface area contributed by atoms with E-state index in [9.17, 15) is 4.79 Å². The molecule has 6 nitrogen and oxygen atoms in total. The van der Waals surface area contributed by atoms with Crippen molar-refractivity contribution in [2.45, 2.75) is 46.2 Å². The van der Waals surface area contributed by atoms with Crippen LogP contribution in [0.1, 0.15) is 42.0 Å². The quantitative estimate of drug-likeness (QED) is 0.710. The molecule has 158 valence electrons. The lowest BCUT2D eigenvalue weighted by Crippen LogP contribution is -2.44. The zero-order valence-electron chi connectivity index (χ0n) is 18.0. The first-order valence-electron chi connectivity index (χ1n) is 10.4. The van der Waals surface area contributed by atoms with Gasteiger partial charge in [0, 0.05) is 37.8 Å². The van der Waals surface area contributed by atoms with Gasteiger partial charge in [-0.25, -0.2) is 0 Å². The summed E-state index contributed by atoms with van der Waals surface area (Å²) in [5.41, 5.74) is 3.16. The van der Waals surface area contributed by atoms with Crippen molar-refractivity contribution in [1.82, 2.24) is 10.2 Å². The standard InChI is InChI=1S/C23H33N3O3/c1-16-5-7-20(17(2)13-16)25-23(27)14-18(3)24-15-21(22-8-6-19(4)29-22)26-9-11-28-12-10-26/h5-8,13,18,21,24H,9-12,14-15H2,1-4H3,(H,25,27). The molecule has 1 aromatic heterocycles. The number of aryl methyl sites for hydroxylation is 3. The molecule has 6 heteroatoms. The Bertz CT molecular complexity index is 811. The number of carbonyl (C=O) groups excluding carboxylic acids is 1. The molecule has 29 heavy (non-hydrogen) atoms. The summed E-state index contributed by atoms with van der Waals surface area (Å²) in [6.45, 7) is 12.1. The van der Waals surface area contributed by atoms with E-state index in [1.54, 1.807) is 0 Å². The van der Waals surface area contributed by atoms with Crippen molar-refractivity contribution in [2.75, 3.05) is 38.2 Å². The van der Waals surface area contributed by atoms with E-state index in [1.165, 1.54) is 5.56 Å². The summed E-state index contributed by atoms with van der Waals surface area (Å²) in [4.78, 5) is 14.9. The number of hydrogen-bond acceptors (Lipinski definition) is 5. The predicted molar refractivity (Wildman–Crippen MR) is 115 cm³/mol. The molecule has 1 amide bonds. The number of carbonyl (C=O) groups is 1. The maximum Gasteiger partial charge on any atom is 0.225 e. The van der Waals surface area contributed by atoms with Gasteiger partial charge >= 0.3 is 0 Å². The molecule has 0 spiro atoms. The van der Waals surface area contributed by atoms with Gasteiger partial charge in [0.1, 0.15) is 11.5 Å². The topological polar surface area (TPSA) is 66.7 Å². The third-order valence-corrected chi connectivity index (χ3v) is 5.38. The smallest absolute Gasteiger partial charge is 0.225 e. The molecular formula is C23H33N3O3. The van der Waals surface area contributed by atoms with Crippen LogP contribution in [0.4, 0.5) is 5.69 Å². The fraction of sp³-hybridized carbons (Fsp3) is 0.522. The van der Waals surface area contributed by atoms with Crippen molar-refractivity contribution in [3.05, 3.63) is 53.0 Å². The number of furan rings is 1. The Balaban J connectivity index is 1.55. The maximum absolute atomic E-state index is 12.5. The van der Waals surface area contributed by atoms with Crippen LogP contribution in [0, 0.1) is 20.8 Å². The van der Waals surface area contributed by atoms with Crippen LogP contribution in [0.25, 0.3) is 0 Å². The molecular weight excluding hydrogens is 366 g/mol. The van der Waals surface area contributed by atoms with Crippen LogP contribution in [-0.4, -0.2) is 49.7 Å². The Morgan fingerprint density at radius 2 is 1.90 bits per heavy atom. The van der Waals surface area contributed by atoms with Crippen molar-refractivity contribution in [3.63, 3.8) is 0 Å². The zero-order valence-corrected chi connectivity index (χ0v) is 18.0. The Morgan fingerprint density at radius 1 is 1.14 bits per heavy atom. The van der Waals surface area contributed by atoms with Crippen molar-refractivity contribution >= 4 is 11.6 Å². The molecule has 3 rings (SSSR count). The average molecular weight is 400 g/mol. The molecule has 1 aliphatic rings. The molecule has 1 fully saturated rings. The summed E-state index contributed by atoms with van der Waals surface area (Å²) >= 11 is 0. The normalized spacial score (nSPS) is 17.1. The van der Waals surface area contributed by atoms with Crippen molar-refractivity contribution < 1.29 is 13.9 Å². The second kappa shape index (κ2) is 10.1. The molecule has 1 saturated heterocycles. The Labute approximate surface area is 173 Å². The number of hydrogen-bond donors (Lipinski definition) is 2. The summed E-state index contributed by atoms with van der Waals surface area (Å²) in [7, 11) is 0. The van der Waals surface area contributed by atoms with E-state index in [2.05, 4.69) is 34.6 Å². The maximum atomic E-state index is 12.5. The number of amides is 1. The van der Waals surface area contributed by atoms with Gasteiger partial charge in [0.05, 0.1) is 19.3 Å². The highest BCUT2D eigenvalue weighted by Crippen LogP contribution is 2.23. The van der Waals surface area contributed by atoms with Gasteiger partial charge < -0.3 is 19.8 Å². The first-order valence-corrected chi connectivity index (χ1v) is 10.4. The van der Waals surface area contributed by atoms with Crippen LogP contribution in [-0.2, 0) is 9.53 Å². The summed E-state index contributed by atoms with van der Waals surface area (Å²) < 4.78 is 11.4. The zero-order chi connectivity index (χ0) is 20.8. The van der Waals surface area contributed by atoms with Crippen LogP contribution in [0.3, 0.4) is 0 Å². The van der Waals surface area contributed by atoms with E-state index < -0.39 is 0 Å². The first kappa shape index (κ1) is 21.6. The molecule has 2 unspecified atom stereocenters. The number of morpholine rings is 1. The van der Waals surface area contributed by atoms with E-state index in [4.69, 9.17) is 9.15 Å². The highest BCUT2D eigenvalue weighted by atomic mass is 16.5. The van der Waals surface area contributed by atoms with Gasteiger partial charge in [0.15, 0.2) is 0 Å². The Hall–Kier alpha value is -2.15. The third-order valence-electron chi connectivity index (χ3n) is 5.38. The minimum absolute atomic E-state index is 0.0220. The van der Waals surface area contributed by atoms with Gasteiger partial charge in [0.2, 0.25) is 5.91 Å². The molecule has 1 aliphatic heterocycles. The lowest BCUT2D eigenvalue weighted by molar-refractivity contribution is -0.116. The van der Waals surface area contributed by atoms with Gasteiger partial charge in [-0.3, -0.25) is 9.69 Å². The summed E-state index contributed by atoms with van der Waals surface area (Å²) in [6.07, 6.45) is 0.417. The van der Waals surface area contributed by atoms with Gasteiger partial charge in [-0.05, 0) is 51.5 Å². The van der Waals surface area contributed by atoms with Crippen LogP contribution >= 0.6 is 0 Å². The fourth-order valence-electron chi connectivity index (χ4n) is 3.75. The van der Waals surface area contributed by atoms with Gasteiger partial charge in [-0.15, -0.1) is 0 Å². The number of benzene rings is 1. The van der Waals surface area contributed by atoms with Crippen LogP contribution < -0.4 is 10.6 Å². The molecule has 2 atom stereocenters. The van der Waals surface area contributed by atoms with Gasteiger partial charge in [-0.2, -0.15) is 0 Å². The van der Waals surface area contributed by atoms with Crippen LogP contribution in [0.5, 0.6) is 0 Å². The minimum atomic E-state index is 0.0220. The molecule has 1 aromatic carbocycles. The predicted octanol–water partition coefficient (Wildman–Crippen LogP) is 3.59. The Morgan fingerprint density at radius 3 is 2.55 bits per heavy atom. The molecule has 0 aliphatic carbocycles. The summed E-state index contributed by atoms with van der Waals surface area (Å²) in [5, 5.41) is 6.55. The lowest BCUT2D eigenvalue weighted by atomic mass is 10.1. The van der Waals surface area contributed by atoms with Gasteiger partial charge in [-0.1, -0.05) is 17.7 Å². The highest BCUT2D eigenvalue weighted by molar-refractivity contribution is 5.91. The summed E-state index contributed by atoms with van der Waals surface area (Å²) in [6, 6.07) is 10.3. The molecule has 2 aromatic rings. The molecule has 2 N–H and O–H groups in total. The van der Waals surface area contributed by atoms with Crippen molar-refractivity contribution in [3.8, 4) is 0 Å². The fourth-order valence-corrected chi connectivity index (χ4v) is 3.75. The van der Waals surface area contributed by atoms with E-state index >= 15 is 0 Å². The van der Waals surface area contributed by atoms with E-state index in [-0.39, 0.29) is 18.0 Å². The number of rotatable bonds is 8. The number of anilines is 1. The molecule has 0 radical (unpaired) electrons. The highest BCUT2D eigenvalue weighted by Gasteiger charge is 2.25. The summed E-state index contributed by atoms with van der Waals surface area (Å²) in [5.74, 6) is 1.90. The lowest BCUT2D eigenvalue weighted by Gasteiger charge is -2.34. The first-order chi connectivity index (χ1) is 13.9. The minimum Gasteiger partial charge on any atom is -0.465 e. The molecule has 0 saturated carbocycles. The van der Waals surface area contributed by atoms with Crippen molar-refractivity contribution in [2.24, 2.45) is 0 Å². The molecule has 0 bridgehead atoms. The van der Waals surface area contributed by atoms with E-state index in [0.717, 1.165) is 55.6 Å². The second-order valence-electron chi connectivity index (χ2n) is 7.99. The SMILES string of the molecule is Cc1ccc(NC(=O)CC(C)NCC(c2ccc(C)o2)N2CCOCC2)c(C)c1. The second-order valence-corrected chi connectivity index (χ2v) is 7.99. The Kier molecular flexibility index (Phi) is 7.47. The average Bonchev–Trinajstić information content (AvgIpc) is 3.11. The van der Waals surface area contributed by atoms with E-state index in [0.29, 0.717) is 6.42 Å². The molecule has 2 heterocycles. The van der Waals surface area contributed by atoms with Crippen LogP contribution in [0.2, 0.25) is 0 Å². The van der Waals surface area contributed by atoms with Crippen LogP contribution in [0.15, 0.2) is 34.7 Å². The monoisotopic (exact) mass is 399 g/mol. The number of nitrogens with zero attached hydrogens (tertiary/aromatic N) is 1. The largest absolute Gasteiger partial charge is 0.465 e. The van der Waals surface area contributed by atoms with Gasteiger partial charge in [0.25, 0.3) is 0 Å². The van der Waals surface area contributed by atoms with E-state index in [1.807, 2.05) is 39.0 Å². The number of nitrogens with one attached hydrogen (secondary N) is 2. The number of ether oxygens (including phenoxy) is 1. The third kappa shape index (κ3) is 6.16. The van der Waals surface area contributed by atoms with Crippen molar-refractivity contribution in [1.29, 1.82) is 0 Å².